The number of aromatic nitrogens is 6. The summed E-state index contributed by atoms with van der Waals surface area (Å²) in [6, 6.07) is 8.62. The zero-order valence-electron chi connectivity index (χ0n) is 14.4. The molecule has 0 aliphatic heterocycles. The molecule has 2 aliphatic rings. The maximum atomic E-state index is 4.37. The first-order chi connectivity index (χ1) is 12.4. The predicted molar refractivity (Wildman–Crippen MR) is 93.8 cm³/mol. The number of aryl methyl sites for hydroxylation is 2. The molecule has 0 saturated heterocycles. The molecular formula is C19H22N6. The molecule has 0 amide bonds. The first kappa shape index (κ1) is 14.8. The minimum atomic E-state index is 0.790. The van der Waals surface area contributed by atoms with Gasteiger partial charge in [0.05, 0.1) is 35.0 Å². The Bertz CT molecular complexity index is 889. The molecule has 6 nitrogen and oxygen atoms in total. The van der Waals surface area contributed by atoms with Gasteiger partial charge in [0.1, 0.15) is 0 Å². The maximum Gasteiger partial charge on any atom is 0.0863 e. The molecule has 0 spiro atoms. The molecule has 3 aromatic rings. The Kier molecular flexibility index (Phi) is 3.61. The van der Waals surface area contributed by atoms with Crippen LogP contribution in [0.4, 0.5) is 0 Å². The highest BCUT2D eigenvalue weighted by molar-refractivity contribution is 5.36. The molecule has 2 aromatic heterocycles. The van der Waals surface area contributed by atoms with Crippen molar-refractivity contribution < 1.29 is 0 Å². The molecule has 25 heavy (non-hydrogen) atoms. The van der Waals surface area contributed by atoms with Gasteiger partial charge in [0.2, 0.25) is 0 Å². The van der Waals surface area contributed by atoms with E-state index in [1.54, 1.807) is 0 Å². The van der Waals surface area contributed by atoms with Crippen molar-refractivity contribution in [2.45, 2.75) is 57.9 Å². The third kappa shape index (κ3) is 2.65. The summed E-state index contributed by atoms with van der Waals surface area (Å²) in [5.41, 5.74) is 7.31. The monoisotopic (exact) mass is 334 g/mol. The zero-order valence-corrected chi connectivity index (χ0v) is 14.4. The van der Waals surface area contributed by atoms with E-state index in [-0.39, 0.29) is 0 Å². The SMILES string of the molecule is c1cc(-n2nnc3c2CCCC3)ccc1Cn1nnc2c1CCCC2. The topological polar surface area (TPSA) is 61.4 Å². The molecule has 0 N–H and O–H groups in total. The van der Waals surface area contributed by atoms with Crippen LogP contribution in [0.5, 0.6) is 0 Å². The first-order valence-corrected chi connectivity index (χ1v) is 9.32. The number of rotatable bonds is 3. The Morgan fingerprint density at radius 2 is 1.36 bits per heavy atom. The summed E-state index contributed by atoms with van der Waals surface area (Å²) >= 11 is 0. The molecule has 0 fully saturated rings. The maximum absolute atomic E-state index is 4.37. The summed E-state index contributed by atoms with van der Waals surface area (Å²) in [4.78, 5) is 0. The second-order valence-electron chi connectivity index (χ2n) is 7.12. The van der Waals surface area contributed by atoms with Crippen molar-refractivity contribution in [3.05, 3.63) is 52.6 Å². The second-order valence-corrected chi connectivity index (χ2v) is 7.12. The molecule has 2 aliphatic carbocycles. The number of nitrogens with zero attached hydrogens (tertiary/aromatic N) is 6. The number of fused-ring (bicyclic) bond motifs is 2. The summed E-state index contributed by atoms with van der Waals surface area (Å²) < 4.78 is 4.08. The minimum absolute atomic E-state index is 0.790. The smallest absolute Gasteiger partial charge is 0.0863 e. The molecule has 6 heteroatoms. The van der Waals surface area contributed by atoms with Gasteiger partial charge in [-0.1, -0.05) is 22.6 Å². The van der Waals surface area contributed by atoms with Crippen LogP contribution in [0.1, 0.15) is 54.0 Å². The van der Waals surface area contributed by atoms with Gasteiger partial charge in [-0.05, 0) is 69.1 Å². The van der Waals surface area contributed by atoms with Crippen LogP contribution in [-0.4, -0.2) is 30.0 Å². The highest BCUT2D eigenvalue weighted by Crippen LogP contribution is 2.23. The van der Waals surface area contributed by atoms with Crippen molar-refractivity contribution in [3.8, 4) is 5.69 Å². The van der Waals surface area contributed by atoms with Gasteiger partial charge in [-0.25, -0.2) is 9.36 Å². The van der Waals surface area contributed by atoms with Crippen LogP contribution in [-0.2, 0) is 32.2 Å². The third-order valence-electron chi connectivity index (χ3n) is 5.43. The van der Waals surface area contributed by atoms with E-state index in [2.05, 4.69) is 49.6 Å². The lowest BCUT2D eigenvalue weighted by Crippen LogP contribution is -2.11. The minimum Gasteiger partial charge on any atom is -0.245 e. The van der Waals surface area contributed by atoms with Crippen LogP contribution >= 0.6 is 0 Å². The van der Waals surface area contributed by atoms with E-state index in [0.29, 0.717) is 0 Å². The highest BCUT2D eigenvalue weighted by atomic mass is 15.4. The third-order valence-corrected chi connectivity index (χ3v) is 5.43. The average molecular weight is 334 g/mol. The van der Waals surface area contributed by atoms with E-state index in [1.807, 2.05) is 4.68 Å². The lowest BCUT2D eigenvalue weighted by molar-refractivity contribution is 0.591. The van der Waals surface area contributed by atoms with Crippen molar-refractivity contribution in [1.82, 2.24) is 30.0 Å². The van der Waals surface area contributed by atoms with Crippen molar-refractivity contribution in [1.29, 1.82) is 0 Å². The first-order valence-electron chi connectivity index (χ1n) is 9.32. The highest BCUT2D eigenvalue weighted by Gasteiger charge is 2.18. The van der Waals surface area contributed by atoms with Crippen LogP contribution in [0.3, 0.4) is 0 Å². The van der Waals surface area contributed by atoms with Crippen molar-refractivity contribution in [2.75, 3.05) is 0 Å². The van der Waals surface area contributed by atoms with Gasteiger partial charge in [-0.15, -0.1) is 10.2 Å². The van der Waals surface area contributed by atoms with E-state index in [1.165, 1.54) is 54.0 Å². The fraction of sp³-hybridized carbons (Fsp3) is 0.474. The molecule has 0 saturated carbocycles. The van der Waals surface area contributed by atoms with E-state index >= 15 is 0 Å². The molecule has 0 unspecified atom stereocenters. The summed E-state index contributed by atoms with van der Waals surface area (Å²) in [5, 5.41) is 17.4. The Morgan fingerprint density at radius 3 is 2.16 bits per heavy atom. The van der Waals surface area contributed by atoms with Gasteiger partial charge in [0.25, 0.3) is 0 Å². The van der Waals surface area contributed by atoms with E-state index in [4.69, 9.17) is 0 Å². The molecule has 0 radical (unpaired) electrons. The molecule has 1 aromatic carbocycles. The summed E-state index contributed by atoms with van der Waals surface area (Å²) in [6.45, 7) is 0.790. The molecule has 0 atom stereocenters. The number of hydrogen-bond donors (Lipinski definition) is 0. The van der Waals surface area contributed by atoms with Gasteiger partial charge in [0.15, 0.2) is 0 Å². The quantitative estimate of drug-likeness (QED) is 0.739. The summed E-state index contributed by atoms with van der Waals surface area (Å²) in [6.07, 6.45) is 9.26. The standard InChI is InChI=1S/C19H22N6/c1-3-7-18-16(5-1)20-22-24(18)13-14-9-11-15(12-10-14)25-19-8-4-2-6-17(19)21-23-25/h9-12H,1-8,13H2. The van der Waals surface area contributed by atoms with E-state index in [0.717, 1.165) is 37.9 Å². The summed E-state index contributed by atoms with van der Waals surface area (Å²) in [7, 11) is 0. The van der Waals surface area contributed by atoms with Crippen LogP contribution in [0.25, 0.3) is 5.69 Å². The zero-order chi connectivity index (χ0) is 16.6. The number of hydrogen-bond acceptors (Lipinski definition) is 4. The van der Waals surface area contributed by atoms with Crippen LogP contribution in [0, 0.1) is 0 Å². The van der Waals surface area contributed by atoms with Crippen molar-refractivity contribution in [2.24, 2.45) is 0 Å². The largest absolute Gasteiger partial charge is 0.245 e. The molecule has 128 valence electrons. The van der Waals surface area contributed by atoms with Gasteiger partial charge in [0, 0.05) is 0 Å². The Labute approximate surface area is 146 Å². The molecule has 2 heterocycles. The van der Waals surface area contributed by atoms with Crippen molar-refractivity contribution >= 4 is 0 Å². The fourth-order valence-corrected chi connectivity index (χ4v) is 4.03. The van der Waals surface area contributed by atoms with Crippen LogP contribution in [0.2, 0.25) is 0 Å². The molecule has 0 bridgehead atoms. The predicted octanol–water partition coefficient (Wildman–Crippen LogP) is 2.66. The van der Waals surface area contributed by atoms with Crippen LogP contribution in [0.15, 0.2) is 24.3 Å². The Hall–Kier alpha value is -2.50. The van der Waals surface area contributed by atoms with Gasteiger partial charge < -0.3 is 0 Å². The lowest BCUT2D eigenvalue weighted by atomic mass is 10.0. The van der Waals surface area contributed by atoms with E-state index in [9.17, 15) is 0 Å². The lowest BCUT2D eigenvalue weighted by Gasteiger charge is -2.13. The Balaban J connectivity index is 1.39. The van der Waals surface area contributed by atoms with Crippen molar-refractivity contribution in [3.63, 3.8) is 0 Å². The molecule has 5 rings (SSSR count). The second kappa shape index (κ2) is 6.10. The van der Waals surface area contributed by atoms with Gasteiger partial charge in [-0.2, -0.15) is 0 Å². The average Bonchev–Trinajstić information content (AvgIpc) is 3.27. The molecular weight excluding hydrogens is 312 g/mol. The van der Waals surface area contributed by atoms with Gasteiger partial charge in [-0.3, -0.25) is 0 Å². The number of benzene rings is 1. The van der Waals surface area contributed by atoms with E-state index < -0.39 is 0 Å². The van der Waals surface area contributed by atoms with Gasteiger partial charge >= 0.3 is 0 Å². The van der Waals surface area contributed by atoms with Crippen LogP contribution < -0.4 is 0 Å². The Morgan fingerprint density at radius 1 is 0.720 bits per heavy atom. The normalized spacial score (nSPS) is 16.5. The fourth-order valence-electron chi connectivity index (χ4n) is 4.03. The summed E-state index contributed by atoms with van der Waals surface area (Å²) in [5.74, 6) is 0.